The molecular weight excluding hydrogens is 494 g/mol. The number of nitrogens with one attached hydrogen (secondary N) is 2. The average molecular weight is 528 g/mol. The lowest BCUT2D eigenvalue weighted by Crippen LogP contribution is -2.59. The minimum atomic E-state index is -1.36. The molecule has 2 unspecified atom stereocenters. The number of carbonyl (C=O) groups excluding carboxylic acids is 2. The lowest BCUT2D eigenvalue weighted by Gasteiger charge is -2.39. The summed E-state index contributed by atoms with van der Waals surface area (Å²) in [6.45, 7) is 3.55. The molecule has 0 aliphatic heterocycles. The summed E-state index contributed by atoms with van der Waals surface area (Å²) < 4.78 is 6.13. The lowest BCUT2D eigenvalue weighted by molar-refractivity contribution is -0.0801. The molecule has 9 nitrogen and oxygen atoms in total. The van der Waals surface area contributed by atoms with E-state index in [1.54, 1.807) is 43.3 Å². The molecule has 0 bridgehead atoms. The highest BCUT2D eigenvalue weighted by molar-refractivity contribution is 5.88. The molecule has 10 heteroatoms. The van der Waals surface area contributed by atoms with Gasteiger partial charge in [-0.05, 0) is 60.9 Å². The molecule has 0 aliphatic rings. The molecule has 9 N–H and O–H groups in total. The molecule has 0 saturated heterocycles. The van der Waals surface area contributed by atoms with Gasteiger partial charge in [-0.2, -0.15) is 0 Å². The van der Waals surface area contributed by atoms with Gasteiger partial charge in [0.1, 0.15) is 11.9 Å². The minimum Gasteiger partial charge on any atom is -0.470 e. The van der Waals surface area contributed by atoms with Crippen LogP contribution in [0.25, 0.3) is 0 Å². The number of hydrogen-bond acceptors (Lipinski definition) is 5. The van der Waals surface area contributed by atoms with E-state index in [4.69, 9.17) is 21.9 Å². The number of primary amides is 2. The summed E-state index contributed by atoms with van der Waals surface area (Å²) in [5.41, 5.74) is 18.8. The van der Waals surface area contributed by atoms with Gasteiger partial charge >= 0.3 is 12.1 Å². The van der Waals surface area contributed by atoms with Crippen molar-refractivity contribution in [2.75, 3.05) is 10.6 Å². The maximum Gasteiger partial charge on any atom is 0.316 e. The summed E-state index contributed by atoms with van der Waals surface area (Å²) in [7, 11) is 0. The molecule has 3 aromatic carbocycles. The molecule has 0 aliphatic carbocycles. The summed E-state index contributed by atoms with van der Waals surface area (Å²) in [4.78, 5) is 22.4. The Hall–Kier alpha value is -3.79. The van der Waals surface area contributed by atoms with E-state index in [0.717, 1.165) is 11.1 Å². The zero-order valence-corrected chi connectivity index (χ0v) is 21.6. The smallest absolute Gasteiger partial charge is 0.316 e. The van der Waals surface area contributed by atoms with Crippen LogP contribution < -0.4 is 32.6 Å². The molecular formula is C27H34ClN5O4. The highest BCUT2D eigenvalue weighted by Crippen LogP contribution is 2.37. The summed E-state index contributed by atoms with van der Waals surface area (Å²) >= 11 is 0. The zero-order valence-electron chi connectivity index (χ0n) is 20.8. The third-order valence-corrected chi connectivity index (χ3v) is 6.21. The van der Waals surface area contributed by atoms with Gasteiger partial charge in [-0.1, -0.05) is 49.4 Å². The number of amides is 4. The fourth-order valence-corrected chi connectivity index (χ4v) is 4.17. The van der Waals surface area contributed by atoms with Gasteiger partial charge in [0.25, 0.3) is 0 Å². The van der Waals surface area contributed by atoms with Crippen LogP contribution in [-0.2, 0) is 0 Å². The van der Waals surface area contributed by atoms with Crippen LogP contribution in [0.4, 0.5) is 21.0 Å². The van der Waals surface area contributed by atoms with Crippen LogP contribution in [0.15, 0.2) is 78.9 Å². The van der Waals surface area contributed by atoms with Gasteiger partial charge < -0.3 is 31.9 Å². The van der Waals surface area contributed by atoms with Crippen LogP contribution in [-0.4, -0.2) is 29.0 Å². The van der Waals surface area contributed by atoms with Crippen LogP contribution in [0, 0.1) is 5.92 Å². The van der Waals surface area contributed by atoms with Gasteiger partial charge in [-0.3, -0.25) is 5.73 Å². The number of anilines is 2. The monoisotopic (exact) mass is 527 g/mol. The maximum absolute atomic E-state index is 11.2. The molecule has 4 amide bonds. The summed E-state index contributed by atoms with van der Waals surface area (Å²) in [6, 6.07) is 22.5. The van der Waals surface area contributed by atoms with E-state index in [1.807, 2.05) is 49.4 Å². The van der Waals surface area contributed by atoms with Crippen LogP contribution in [0.2, 0.25) is 0 Å². The third-order valence-electron chi connectivity index (χ3n) is 6.21. The first-order chi connectivity index (χ1) is 17.1. The van der Waals surface area contributed by atoms with E-state index in [1.165, 1.54) is 0 Å². The van der Waals surface area contributed by atoms with Crippen molar-refractivity contribution < 1.29 is 19.4 Å². The van der Waals surface area contributed by atoms with Crippen molar-refractivity contribution in [1.29, 1.82) is 0 Å². The van der Waals surface area contributed by atoms with Crippen LogP contribution in [0.1, 0.15) is 37.3 Å². The molecule has 0 saturated carbocycles. The van der Waals surface area contributed by atoms with Crippen molar-refractivity contribution in [3.8, 4) is 5.75 Å². The van der Waals surface area contributed by atoms with Gasteiger partial charge in [0, 0.05) is 23.2 Å². The minimum absolute atomic E-state index is 0. The Balaban J connectivity index is 0.00000481. The molecule has 0 heterocycles. The molecule has 0 radical (unpaired) electrons. The van der Waals surface area contributed by atoms with Gasteiger partial charge in [0.15, 0.2) is 5.72 Å². The first-order valence-corrected chi connectivity index (χ1v) is 11.6. The van der Waals surface area contributed by atoms with Gasteiger partial charge in [-0.25, -0.2) is 9.59 Å². The van der Waals surface area contributed by atoms with E-state index in [0.29, 0.717) is 23.5 Å². The number of para-hydroxylation sites is 1. The molecule has 198 valence electrons. The fourth-order valence-electron chi connectivity index (χ4n) is 4.17. The number of aliphatic hydroxyl groups is 1. The Morgan fingerprint density at radius 1 is 0.838 bits per heavy atom. The van der Waals surface area contributed by atoms with Crippen LogP contribution >= 0.6 is 12.4 Å². The molecule has 37 heavy (non-hydrogen) atoms. The van der Waals surface area contributed by atoms with Gasteiger partial charge in [-0.15, -0.1) is 12.4 Å². The molecule has 0 fully saturated rings. The second-order valence-corrected chi connectivity index (χ2v) is 8.86. The SMILES string of the molecule is CC(O)C(N)(Oc1ccccc1)[C@H](C)CC(c1ccc(NC(N)=O)cc1)c1ccc(NC(N)=O)cc1.Cl. The Morgan fingerprint density at radius 2 is 1.27 bits per heavy atom. The quantitative estimate of drug-likeness (QED) is 0.215. The number of hydrogen-bond donors (Lipinski definition) is 6. The Labute approximate surface area is 222 Å². The van der Waals surface area contributed by atoms with Crippen LogP contribution in [0.3, 0.4) is 0 Å². The predicted molar refractivity (Wildman–Crippen MR) is 148 cm³/mol. The number of ether oxygens (including phenoxy) is 1. The zero-order chi connectivity index (χ0) is 26.3. The Kier molecular flexibility index (Phi) is 10.3. The standard InChI is InChI=1S/C27H33N5O4.ClH/c1-17(27(30,18(2)33)36-23-6-4-3-5-7-23)16-24(19-8-12-21(13-9-19)31-25(28)34)20-10-14-22(15-11-20)32-26(29)35;/h3-15,17-18,24,33H,16,30H2,1-2H3,(H3,28,31,34)(H3,29,32,35);1H/t17-,18?,27?;/m1./s1. The number of nitrogens with two attached hydrogens (primary N) is 3. The Bertz CT molecular complexity index is 1100. The van der Waals surface area contributed by atoms with E-state index in [2.05, 4.69) is 10.6 Å². The summed E-state index contributed by atoms with van der Waals surface area (Å²) in [5.74, 6) is 0.119. The first kappa shape index (κ1) is 29.4. The molecule has 0 spiro atoms. The summed E-state index contributed by atoms with van der Waals surface area (Å²) in [5, 5.41) is 15.8. The molecule has 3 aromatic rings. The fraction of sp³-hybridized carbons (Fsp3) is 0.259. The number of halogens is 1. The van der Waals surface area contributed by atoms with Gasteiger partial charge in [0.05, 0.1) is 0 Å². The first-order valence-electron chi connectivity index (χ1n) is 11.6. The van der Waals surface area contributed by atoms with Crippen molar-refractivity contribution in [3.05, 3.63) is 90.0 Å². The number of benzene rings is 3. The second-order valence-electron chi connectivity index (χ2n) is 8.86. The average Bonchev–Trinajstić information content (AvgIpc) is 2.83. The van der Waals surface area contributed by atoms with E-state index >= 15 is 0 Å². The predicted octanol–water partition coefficient (Wildman–Crippen LogP) is 4.36. The van der Waals surface area contributed by atoms with Crippen molar-refractivity contribution in [1.82, 2.24) is 0 Å². The second kappa shape index (κ2) is 13.0. The Morgan fingerprint density at radius 3 is 1.65 bits per heavy atom. The largest absolute Gasteiger partial charge is 0.470 e. The van der Waals surface area contributed by atoms with Crippen molar-refractivity contribution >= 4 is 35.8 Å². The maximum atomic E-state index is 11.2. The topological polar surface area (TPSA) is 166 Å². The molecule has 3 atom stereocenters. The van der Waals surface area contributed by atoms with Crippen LogP contribution in [0.5, 0.6) is 5.75 Å². The van der Waals surface area contributed by atoms with Crippen molar-refractivity contribution in [3.63, 3.8) is 0 Å². The van der Waals surface area contributed by atoms with Crippen molar-refractivity contribution in [2.24, 2.45) is 23.1 Å². The van der Waals surface area contributed by atoms with E-state index in [-0.39, 0.29) is 24.2 Å². The van der Waals surface area contributed by atoms with Crippen molar-refractivity contribution in [2.45, 2.75) is 38.0 Å². The van der Waals surface area contributed by atoms with E-state index in [9.17, 15) is 14.7 Å². The lowest BCUT2D eigenvalue weighted by atomic mass is 9.79. The normalized spacial score (nSPS) is 14.0. The highest BCUT2D eigenvalue weighted by atomic mass is 35.5. The third kappa shape index (κ3) is 7.85. The number of aliphatic hydroxyl groups excluding tert-OH is 1. The number of carbonyl (C=O) groups is 2. The van der Waals surface area contributed by atoms with Gasteiger partial charge in [0.2, 0.25) is 0 Å². The van der Waals surface area contributed by atoms with E-state index < -0.39 is 23.9 Å². The summed E-state index contributed by atoms with van der Waals surface area (Å²) in [6.07, 6.45) is -0.433. The number of urea groups is 2. The highest BCUT2D eigenvalue weighted by Gasteiger charge is 2.41. The number of rotatable bonds is 10. The molecule has 3 rings (SSSR count). The molecule has 0 aromatic heterocycles.